The Hall–Kier alpha value is -2.54. The fourth-order valence-electron chi connectivity index (χ4n) is 3.18. The van der Waals surface area contributed by atoms with Crippen LogP contribution < -0.4 is 14.4 Å². The lowest BCUT2D eigenvalue weighted by molar-refractivity contribution is -0.121. The van der Waals surface area contributed by atoms with Crippen molar-refractivity contribution in [2.45, 2.75) is 40.5 Å². The van der Waals surface area contributed by atoms with Crippen LogP contribution in [0, 0.1) is 27.7 Å². The summed E-state index contributed by atoms with van der Waals surface area (Å²) in [6.07, 6.45) is 1.88. The number of nitrogens with zero attached hydrogens (tertiary/aromatic N) is 1. The highest BCUT2D eigenvalue weighted by Crippen LogP contribution is 2.24. The first kappa shape index (κ1) is 23.7. The van der Waals surface area contributed by atoms with E-state index < -0.39 is 10.0 Å². The molecule has 0 aliphatic carbocycles. The van der Waals surface area contributed by atoms with Crippen molar-refractivity contribution in [1.82, 2.24) is 5.32 Å². The summed E-state index contributed by atoms with van der Waals surface area (Å²) in [7, 11) is -3.43. The molecule has 2 aromatic carbocycles. The van der Waals surface area contributed by atoms with Gasteiger partial charge >= 0.3 is 0 Å². The first-order valence-electron chi connectivity index (χ1n) is 10.1. The molecular formula is C23H32N2O4S. The fourth-order valence-corrected chi connectivity index (χ4v) is 4.21. The van der Waals surface area contributed by atoms with Crippen molar-refractivity contribution >= 4 is 21.6 Å². The number of ether oxygens (including phenoxy) is 1. The van der Waals surface area contributed by atoms with Gasteiger partial charge in [-0.15, -0.1) is 0 Å². The number of carbonyl (C=O) groups excluding carboxylic acids is 1. The summed E-state index contributed by atoms with van der Waals surface area (Å²) in [6, 6.07) is 11.6. The van der Waals surface area contributed by atoms with Gasteiger partial charge in [0, 0.05) is 13.0 Å². The van der Waals surface area contributed by atoms with Crippen LogP contribution in [-0.4, -0.2) is 40.3 Å². The molecule has 1 N–H and O–H groups in total. The van der Waals surface area contributed by atoms with Crippen molar-refractivity contribution in [3.05, 3.63) is 58.7 Å². The average Bonchev–Trinajstić information content (AvgIpc) is 2.65. The summed E-state index contributed by atoms with van der Waals surface area (Å²) in [5, 5.41) is 2.82. The van der Waals surface area contributed by atoms with Crippen LogP contribution in [0.15, 0.2) is 36.4 Å². The van der Waals surface area contributed by atoms with E-state index in [0.29, 0.717) is 25.3 Å². The topological polar surface area (TPSA) is 75.7 Å². The molecular weight excluding hydrogens is 400 g/mol. The summed E-state index contributed by atoms with van der Waals surface area (Å²) in [5.41, 5.74) is 5.00. The first-order chi connectivity index (χ1) is 14.1. The minimum Gasteiger partial charge on any atom is -0.492 e. The summed E-state index contributed by atoms with van der Waals surface area (Å²) >= 11 is 0. The highest BCUT2D eigenvalue weighted by Gasteiger charge is 2.19. The molecule has 0 bridgehead atoms. The second kappa shape index (κ2) is 10.5. The van der Waals surface area contributed by atoms with Gasteiger partial charge in [-0.3, -0.25) is 9.10 Å². The second-order valence-corrected chi connectivity index (χ2v) is 9.58. The van der Waals surface area contributed by atoms with Gasteiger partial charge in [0.15, 0.2) is 0 Å². The number of amides is 1. The number of rotatable bonds is 10. The van der Waals surface area contributed by atoms with Gasteiger partial charge in [0.05, 0.1) is 18.5 Å². The third kappa shape index (κ3) is 7.06. The number of hydrogen-bond donors (Lipinski definition) is 1. The Morgan fingerprint density at radius 1 is 1.00 bits per heavy atom. The Morgan fingerprint density at radius 2 is 1.73 bits per heavy atom. The van der Waals surface area contributed by atoms with Crippen LogP contribution >= 0.6 is 0 Å². The Balaban J connectivity index is 1.79. The zero-order chi connectivity index (χ0) is 22.3. The maximum absolute atomic E-state index is 12.2. The fraction of sp³-hybridized carbons (Fsp3) is 0.435. The molecule has 2 aromatic rings. The van der Waals surface area contributed by atoms with Gasteiger partial charge in [0.1, 0.15) is 12.4 Å². The van der Waals surface area contributed by atoms with Crippen LogP contribution in [-0.2, 0) is 14.8 Å². The minimum atomic E-state index is -3.43. The van der Waals surface area contributed by atoms with E-state index >= 15 is 0 Å². The molecule has 0 heterocycles. The van der Waals surface area contributed by atoms with E-state index in [-0.39, 0.29) is 18.9 Å². The van der Waals surface area contributed by atoms with Crippen LogP contribution in [0.3, 0.4) is 0 Å². The third-order valence-corrected chi connectivity index (χ3v) is 6.14. The zero-order valence-corrected chi connectivity index (χ0v) is 19.3. The molecule has 0 aliphatic rings. The quantitative estimate of drug-likeness (QED) is 0.582. The number of aryl methyl sites for hydroxylation is 4. The maximum Gasteiger partial charge on any atom is 0.232 e. The van der Waals surface area contributed by atoms with Crippen molar-refractivity contribution < 1.29 is 17.9 Å². The second-order valence-electron chi connectivity index (χ2n) is 7.67. The smallest absolute Gasteiger partial charge is 0.232 e. The highest BCUT2D eigenvalue weighted by molar-refractivity contribution is 7.92. The Bertz CT molecular complexity index is 987. The van der Waals surface area contributed by atoms with Gasteiger partial charge in [0.2, 0.25) is 15.9 Å². The van der Waals surface area contributed by atoms with Gasteiger partial charge in [-0.05, 0) is 69.0 Å². The zero-order valence-electron chi connectivity index (χ0n) is 18.5. The molecule has 0 radical (unpaired) electrons. The molecule has 0 aliphatic heterocycles. The normalized spacial score (nSPS) is 11.2. The molecule has 6 nitrogen and oxygen atoms in total. The molecule has 0 saturated carbocycles. The number of anilines is 1. The molecule has 7 heteroatoms. The van der Waals surface area contributed by atoms with Crippen LogP contribution in [0.2, 0.25) is 0 Å². The van der Waals surface area contributed by atoms with Crippen molar-refractivity contribution in [2.24, 2.45) is 0 Å². The summed E-state index contributed by atoms with van der Waals surface area (Å²) in [6.45, 7) is 8.98. The van der Waals surface area contributed by atoms with Crippen molar-refractivity contribution in [1.29, 1.82) is 0 Å². The van der Waals surface area contributed by atoms with Crippen molar-refractivity contribution in [3.8, 4) is 5.75 Å². The van der Waals surface area contributed by atoms with E-state index in [1.54, 1.807) is 0 Å². The number of nitrogens with one attached hydrogen (secondary N) is 1. The van der Waals surface area contributed by atoms with Gasteiger partial charge in [-0.1, -0.05) is 23.8 Å². The molecule has 0 saturated heterocycles. The van der Waals surface area contributed by atoms with E-state index in [1.807, 2.05) is 64.1 Å². The predicted molar refractivity (Wildman–Crippen MR) is 122 cm³/mol. The van der Waals surface area contributed by atoms with E-state index in [4.69, 9.17) is 4.74 Å². The lowest BCUT2D eigenvalue weighted by Crippen LogP contribution is -2.33. The molecule has 0 aromatic heterocycles. The minimum absolute atomic E-state index is 0.118. The lowest BCUT2D eigenvalue weighted by atomic mass is 10.1. The molecule has 2 rings (SSSR count). The van der Waals surface area contributed by atoms with Crippen LogP contribution in [0.5, 0.6) is 5.75 Å². The van der Waals surface area contributed by atoms with Crippen molar-refractivity contribution in [2.75, 3.05) is 30.3 Å². The lowest BCUT2D eigenvalue weighted by Gasteiger charge is -2.24. The third-order valence-electron chi connectivity index (χ3n) is 4.96. The van der Waals surface area contributed by atoms with Gasteiger partial charge in [-0.2, -0.15) is 0 Å². The largest absolute Gasteiger partial charge is 0.492 e. The Morgan fingerprint density at radius 3 is 2.37 bits per heavy atom. The predicted octanol–water partition coefficient (Wildman–Crippen LogP) is 3.66. The molecule has 0 spiro atoms. The van der Waals surface area contributed by atoms with Gasteiger partial charge in [-0.25, -0.2) is 8.42 Å². The summed E-state index contributed by atoms with van der Waals surface area (Å²) in [4.78, 5) is 12.1. The van der Waals surface area contributed by atoms with E-state index in [1.165, 1.54) is 16.1 Å². The Kier molecular flexibility index (Phi) is 8.29. The number of sulfonamides is 1. The number of carbonyl (C=O) groups is 1. The molecule has 1 amide bonds. The molecule has 0 unspecified atom stereocenters. The van der Waals surface area contributed by atoms with Crippen LogP contribution in [0.4, 0.5) is 5.69 Å². The van der Waals surface area contributed by atoms with Crippen molar-refractivity contribution in [3.63, 3.8) is 0 Å². The molecule has 30 heavy (non-hydrogen) atoms. The van der Waals surface area contributed by atoms with Gasteiger partial charge in [0.25, 0.3) is 0 Å². The highest BCUT2D eigenvalue weighted by atomic mass is 32.2. The SMILES string of the molecule is Cc1ccc(N(CCCC(=O)NCCOc2ccc(C)c(C)c2)S(C)(=O)=O)c(C)c1. The van der Waals surface area contributed by atoms with E-state index in [2.05, 4.69) is 5.32 Å². The monoisotopic (exact) mass is 432 g/mol. The van der Waals surface area contributed by atoms with Gasteiger partial charge < -0.3 is 10.1 Å². The van der Waals surface area contributed by atoms with Crippen LogP contribution in [0.1, 0.15) is 35.1 Å². The first-order valence-corrected chi connectivity index (χ1v) is 11.9. The summed E-state index contributed by atoms with van der Waals surface area (Å²) in [5.74, 6) is 0.664. The molecule has 164 valence electrons. The maximum atomic E-state index is 12.2. The standard InChI is InChI=1S/C23H32N2O4S/c1-17-8-11-22(20(4)15-17)25(30(5,27)28)13-6-7-23(26)24-12-14-29-21-10-9-18(2)19(3)16-21/h8-11,15-16H,6-7,12-14H2,1-5H3,(H,24,26). The number of benzene rings is 2. The average molecular weight is 433 g/mol. The van der Waals surface area contributed by atoms with Crippen LogP contribution in [0.25, 0.3) is 0 Å². The van der Waals surface area contributed by atoms with E-state index in [9.17, 15) is 13.2 Å². The molecule has 0 fully saturated rings. The van der Waals surface area contributed by atoms with E-state index in [0.717, 1.165) is 22.4 Å². The molecule has 0 atom stereocenters. The Labute approximate surface area is 180 Å². The number of hydrogen-bond acceptors (Lipinski definition) is 4. The summed E-state index contributed by atoms with van der Waals surface area (Å²) < 4.78 is 31.5.